The van der Waals surface area contributed by atoms with E-state index in [1.54, 1.807) is 6.20 Å². The molecule has 0 amide bonds. The van der Waals surface area contributed by atoms with Crippen molar-refractivity contribution < 1.29 is 0 Å². The van der Waals surface area contributed by atoms with E-state index in [1.165, 1.54) is 0 Å². The molecule has 98 valence electrons. The summed E-state index contributed by atoms with van der Waals surface area (Å²) >= 11 is 0. The Morgan fingerprint density at radius 1 is 1.44 bits per heavy atom. The molecule has 18 heavy (non-hydrogen) atoms. The number of nitrogens with two attached hydrogens (primary N) is 1. The minimum atomic E-state index is 0.392. The second kappa shape index (κ2) is 5.18. The molecule has 0 aliphatic heterocycles. The topological polar surface area (TPSA) is 95.8 Å². The first-order valence-corrected chi connectivity index (χ1v) is 6.15. The highest BCUT2D eigenvalue weighted by Crippen LogP contribution is 2.25. The van der Waals surface area contributed by atoms with E-state index in [1.807, 2.05) is 0 Å². The van der Waals surface area contributed by atoms with Gasteiger partial charge < -0.3 is 4.90 Å². The van der Waals surface area contributed by atoms with E-state index in [2.05, 4.69) is 51.3 Å². The van der Waals surface area contributed by atoms with Gasteiger partial charge in [0.1, 0.15) is 5.82 Å². The van der Waals surface area contributed by atoms with Crippen molar-refractivity contribution in [3.05, 3.63) is 6.20 Å². The summed E-state index contributed by atoms with van der Waals surface area (Å²) in [5.41, 5.74) is 3.18. The first kappa shape index (κ1) is 12.6. The first-order valence-electron chi connectivity index (χ1n) is 6.15. The van der Waals surface area contributed by atoms with Gasteiger partial charge in [0.2, 0.25) is 5.95 Å². The molecule has 0 aliphatic carbocycles. The van der Waals surface area contributed by atoms with Gasteiger partial charge in [-0.3, -0.25) is 10.5 Å². The van der Waals surface area contributed by atoms with Crippen molar-refractivity contribution in [2.75, 3.05) is 16.9 Å². The van der Waals surface area contributed by atoms with E-state index in [0.717, 1.165) is 24.2 Å². The summed E-state index contributed by atoms with van der Waals surface area (Å²) in [6, 6.07) is 0.397. The first-order chi connectivity index (χ1) is 8.71. The molecule has 1 unspecified atom stereocenters. The quantitative estimate of drug-likeness (QED) is 0.545. The molecule has 0 fully saturated rings. The van der Waals surface area contributed by atoms with Crippen LogP contribution in [0.15, 0.2) is 6.20 Å². The molecule has 0 bridgehead atoms. The van der Waals surface area contributed by atoms with Crippen molar-refractivity contribution in [1.82, 2.24) is 20.2 Å². The summed E-state index contributed by atoms with van der Waals surface area (Å²) in [5.74, 6) is 6.65. The van der Waals surface area contributed by atoms with Crippen LogP contribution in [0.5, 0.6) is 0 Å². The Morgan fingerprint density at radius 2 is 2.22 bits per heavy atom. The minimum Gasteiger partial charge on any atom is -0.353 e. The van der Waals surface area contributed by atoms with Crippen molar-refractivity contribution in [3.8, 4) is 0 Å². The van der Waals surface area contributed by atoms with Crippen LogP contribution in [-0.2, 0) is 0 Å². The van der Waals surface area contributed by atoms with Crippen molar-refractivity contribution in [1.29, 1.82) is 0 Å². The summed E-state index contributed by atoms with van der Waals surface area (Å²) in [6.07, 6.45) is 2.79. The molecule has 1 atom stereocenters. The molecule has 0 aliphatic rings. The van der Waals surface area contributed by atoms with Crippen molar-refractivity contribution in [2.24, 2.45) is 5.84 Å². The largest absolute Gasteiger partial charge is 0.353 e. The molecule has 2 aromatic rings. The number of hydrogen-bond donors (Lipinski definition) is 3. The molecule has 7 heteroatoms. The fraction of sp³-hybridized carbons (Fsp3) is 0.545. The van der Waals surface area contributed by atoms with Crippen LogP contribution in [0.4, 0.5) is 11.8 Å². The molecule has 7 nitrogen and oxygen atoms in total. The van der Waals surface area contributed by atoms with Gasteiger partial charge in [-0.15, -0.1) is 0 Å². The highest BCUT2D eigenvalue weighted by molar-refractivity contribution is 5.87. The summed E-state index contributed by atoms with van der Waals surface area (Å²) in [4.78, 5) is 10.9. The number of aromatic amines is 1. The summed E-state index contributed by atoms with van der Waals surface area (Å²) < 4.78 is 0. The van der Waals surface area contributed by atoms with Crippen LogP contribution in [0.25, 0.3) is 11.0 Å². The van der Waals surface area contributed by atoms with Gasteiger partial charge in [0.05, 0.1) is 11.6 Å². The lowest BCUT2D eigenvalue weighted by Crippen LogP contribution is -2.33. The van der Waals surface area contributed by atoms with Crippen LogP contribution >= 0.6 is 0 Å². The monoisotopic (exact) mass is 249 g/mol. The van der Waals surface area contributed by atoms with Gasteiger partial charge >= 0.3 is 0 Å². The average molecular weight is 249 g/mol. The number of H-pyrrole nitrogens is 1. The lowest BCUT2D eigenvalue weighted by Gasteiger charge is -2.28. The Hall–Kier alpha value is -1.89. The molecule has 2 aromatic heterocycles. The molecule has 2 heterocycles. The Kier molecular flexibility index (Phi) is 3.61. The molecule has 0 spiro atoms. The second-order valence-corrected chi connectivity index (χ2v) is 4.19. The van der Waals surface area contributed by atoms with Gasteiger partial charge in [0.25, 0.3) is 0 Å². The number of nitrogens with one attached hydrogen (secondary N) is 2. The number of rotatable bonds is 5. The van der Waals surface area contributed by atoms with Gasteiger partial charge in [-0.1, -0.05) is 6.92 Å². The van der Waals surface area contributed by atoms with E-state index in [4.69, 9.17) is 5.84 Å². The molecule has 0 radical (unpaired) electrons. The second-order valence-electron chi connectivity index (χ2n) is 4.19. The molecule has 4 N–H and O–H groups in total. The summed E-state index contributed by atoms with van der Waals surface area (Å²) in [7, 11) is 0. The number of hydrazine groups is 1. The smallest absolute Gasteiger partial charge is 0.241 e. The highest BCUT2D eigenvalue weighted by Gasteiger charge is 2.18. The van der Waals surface area contributed by atoms with Crippen molar-refractivity contribution >= 4 is 22.8 Å². The maximum Gasteiger partial charge on any atom is 0.241 e. The predicted octanol–water partition coefficient (Wildman–Crippen LogP) is 1.26. The van der Waals surface area contributed by atoms with Crippen molar-refractivity contribution in [2.45, 2.75) is 33.2 Å². The van der Waals surface area contributed by atoms with Crippen LogP contribution in [0, 0.1) is 0 Å². The zero-order valence-corrected chi connectivity index (χ0v) is 10.9. The van der Waals surface area contributed by atoms with E-state index in [9.17, 15) is 0 Å². The number of fused-ring (bicyclic) bond motifs is 1. The Morgan fingerprint density at radius 3 is 2.83 bits per heavy atom. The van der Waals surface area contributed by atoms with Gasteiger partial charge in [0.15, 0.2) is 5.65 Å². The normalized spacial score (nSPS) is 12.7. The van der Waals surface area contributed by atoms with E-state index in [-0.39, 0.29) is 0 Å². The van der Waals surface area contributed by atoms with Gasteiger partial charge in [-0.2, -0.15) is 15.1 Å². The molecule has 0 aromatic carbocycles. The maximum atomic E-state index is 5.40. The number of nitrogens with zero attached hydrogens (tertiary/aromatic N) is 4. The fourth-order valence-electron chi connectivity index (χ4n) is 1.99. The fourth-order valence-corrected chi connectivity index (χ4v) is 1.99. The van der Waals surface area contributed by atoms with Crippen LogP contribution in [0.1, 0.15) is 27.2 Å². The highest BCUT2D eigenvalue weighted by atomic mass is 15.3. The average Bonchev–Trinajstić information content (AvgIpc) is 2.87. The lowest BCUT2D eigenvalue weighted by molar-refractivity contribution is 0.625. The lowest BCUT2D eigenvalue weighted by atomic mass is 10.2. The summed E-state index contributed by atoms with van der Waals surface area (Å²) in [6.45, 7) is 7.31. The van der Waals surface area contributed by atoms with Gasteiger partial charge in [0, 0.05) is 12.6 Å². The van der Waals surface area contributed by atoms with Gasteiger partial charge in [-0.05, 0) is 20.3 Å². The molecular weight excluding hydrogens is 230 g/mol. The third kappa shape index (κ3) is 2.08. The maximum absolute atomic E-state index is 5.40. The Balaban J connectivity index is 2.56. The Bertz CT molecular complexity index is 521. The number of hydrogen-bond acceptors (Lipinski definition) is 6. The van der Waals surface area contributed by atoms with E-state index >= 15 is 0 Å². The van der Waals surface area contributed by atoms with Crippen LogP contribution < -0.4 is 16.2 Å². The van der Waals surface area contributed by atoms with Gasteiger partial charge in [-0.25, -0.2) is 5.84 Å². The van der Waals surface area contributed by atoms with E-state index < -0.39 is 0 Å². The third-order valence-corrected chi connectivity index (χ3v) is 3.15. The zero-order valence-electron chi connectivity index (χ0n) is 10.9. The zero-order chi connectivity index (χ0) is 13.1. The molecular formula is C11H19N7. The van der Waals surface area contributed by atoms with Crippen LogP contribution in [-0.4, -0.2) is 32.8 Å². The third-order valence-electron chi connectivity index (χ3n) is 3.15. The van der Waals surface area contributed by atoms with E-state index in [0.29, 0.717) is 17.6 Å². The number of nitrogen functional groups attached to an aromatic ring is 1. The van der Waals surface area contributed by atoms with Crippen LogP contribution in [0.3, 0.4) is 0 Å². The Labute approximate surface area is 106 Å². The molecule has 2 rings (SSSR count). The summed E-state index contributed by atoms with van der Waals surface area (Å²) in [5, 5.41) is 7.78. The molecule has 0 saturated heterocycles. The number of aromatic nitrogens is 4. The predicted molar refractivity (Wildman–Crippen MR) is 72.3 cm³/mol. The van der Waals surface area contributed by atoms with Crippen molar-refractivity contribution in [3.63, 3.8) is 0 Å². The SMILES string of the molecule is CCC(C)N(CC)c1nc(NN)nc2[nH]ncc12. The molecule has 0 saturated carbocycles. The van der Waals surface area contributed by atoms with Crippen LogP contribution in [0.2, 0.25) is 0 Å². The standard InChI is InChI=1S/C11H19N7/c1-4-7(3)18(5-2)10-8-6-13-17-9(8)14-11(15-10)16-12/h6-7H,4-5,12H2,1-3H3,(H2,13,14,15,16,17). The number of anilines is 2. The minimum absolute atomic E-state index is 0.392.